The summed E-state index contributed by atoms with van der Waals surface area (Å²) in [5.41, 5.74) is 2.62. The van der Waals surface area contributed by atoms with E-state index in [0.29, 0.717) is 16.6 Å². The first-order valence-electron chi connectivity index (χ1n) is 7.54. The number of hydrogen-bond acceptors (Lipinski definition) is 6. The van der Waals surface area contributed by atoms with Gasteiger partial charge in [-0.1, -0.05) is 30.0 Å². The van der Waals surface area contributed by atoms with E-state index in [1.165, 1.54) is 28.6 Å². The van der Waals surface area contributed by atoms with Gasteiger partial charge < -0.3 is 5.11 Å². The van der Waals surface area contributed by atoms with Gasteiger partial charge >= 0.3 is 13.9 Å². The molecule has 0 saturated heterocycles. The molecule has 8 nitrogen and oxygen atoms in total. The first-order valence-corrected chi connectivity index (χ1v) is 10.2. The van der Waals surface area contributed by atoms with E-state index in [4.69, 9.17) is 5.11 Å². The molecule has 0 spiro atoms. The summed E-state index contributed by atoms with van der Waals surface area (Å²) in [4.78, 5) is 11.1. The van der Waals surface area contributed by atoms with Gasteiger partial charge in [-0.15, -0.1) is 5.10 Å². The smallest absolute Gasteiger partial charge is 0.456 e. The van der Waals surface area contributed by atoms with Crippen LogP contribution in [0.2, 0.25) is 0 Å². The number of benzene rings is 2. The molecule has 10 heteroatoms. The molecule has 132 valence electrons. The third-order valence-electron chi connectivity index (χ3n) is 3.39. The van der Waals surface area contributed by atoms with Crippen LogP contribution in [0.3, 0.4) is 0 Å². The van der Waals surface area contributed by atoms with Crippen LogP contribution in [0.25, 0.3) is 5.69 Å². The van der Waals surface area contributed by atoms with Crippen molar-refractivity contribution in [3.05, 3.63) is 59.7 Å². The second kappa shape index (κ2) is 8.07. The van der Waals surface area contributed by atoms with Crippen LogP contribution in [0.4, 0.5) is 5.69 Å². The molecule has 1 atom stereocenters. The lowest BCUT2D eigenvalue weighted by Gasteiger charge is -2.05. The van der Waals surface area contributed by atoms with Gasteiger partial charge in [-0.3, -0.25) is 0 Å². The molecular formula is C16H15N5O3PS+. The van der Waals surface area contributed by atoms with Gasteiger partial charge in [-0.05, 0) is 50.9 Å². The number of carboxylic acid groups (broad SMARTS) is 1. The van der Waals surface area contributed by atoms with E-state index in [0.717, 1.165) is 11.3 Å². The number of carbonyl (C=O) groups is 1. The number of thioether (sulfide) groups is 1. The maximum Gasteiger partial charge on any atom is 0.456 e. The predicted octanol–water partition coefficient (Wildman–Crippen LogP) is 3.44. The average molecular weight is 388 g/mol. The van der Waals surface area contributed by atoms with Crippen molar-refractivity contribution < 1.29 is 14.5 Å². The minimum absolute atomic E-state index is 0.172. The number of carboxylic acids is 1. The molecule has 2 N–H and O–H groups in total. The molecule has 0 aliphatic rings. The van der Waals surface area contributed by atoms with E-state index in [2.05, 4.69) is 20.6 Å². The van der Waals surface area contributed by atoms with Crippen LogP contribution < -0.4 is 5.09 Å². The minimum atomic E-state index is -1.44. The topological polar surface area (TPSA) is 110 Å². The van der Waals surface area contributed by atoms with Crippen molar-refractivity contribution in [1.29, 1.82) is 0 Å². The first kappa shape index (κ1) is 18.0. The molecule has 3 rings (SSSR count). The number of hydrogen-bond donors (Lipinski definition) is 2. The fourth-order valence-corrected chi connectivity index (χ4v) is 3.57. The molecule has 1 unspecified atom stereocenters. The number of nitrogens with zero attached hydrogens (tertiary/aromatic N) is 4. The van der Waals surface area contributed by atoms with Crippen molar-refractivity contribution in [3.63, 3.8) is 0 Å². The summed E-state index contributed by atoms with van der Waals surface area (Å²) in [7, 11) is -1.44. The second-order valence-corrected chi connectivity index (χ2v) is 7.48. The summed E-state index contributed by atoms with van der Waals surface area (Å²) in [6, 6.07) is 14.1. The normalized spacial score (nSPS) is 11.2. The van der Waals surface area contributed by atoms with Gasteiger partial charge in [0.25, 0.3) is 0 Å². The number of aromatic carboxylic acids is 1. The minimum Gasteiger partial charge on any atom is -0.478 e. The zero-order chi connectivity index (χ0) is 18.5. The van der Waals surface area contributed by atoms with Gasteiger partial charge in [0.2, 0.25) is 5.16 Å². The predicted molar refractivity (Wildman–Crippen MR) is 99.3 cm³/mol. The summed E-state index contributed by atoms with van der Waals surface area (Å²) >= 11 is 1.44. The van der Waals surface area contributed by atoms with Crippen LogP contribution in [0.1, 0.15) is 15.9 Å². The summed E-state index contributed by atoms with van der Waals surface area (Å²) in [5.74, 6) is -0.367. The van der Waals surface area contributed by atoms with E-state index >= 15 is 0 Å². The van der Waals surface area contributed by atoms with E-state index in [1.807, 2.05) is 24.3 Å². The Morgan fingerprint density at radius 1 is 1.27 bits per heavy atom. The molecule has 1 aromatic heterocycles. The molecule has 0 aliphatic heterocycles. The Bertz CT molecular complexity index is 945. The van der Waals surface area contributed by atoms with Crippen molar-refractivity contribution in [3.8, 4) is 5.69 Å². The number of tetrazole rings is 1. The highest BCUT2D eigenvalue weighted by Gasteiger charge is 2.12. The molecule has 0 fully saturated rings. The number of rotatable bonds is 7. The highest BCUT2D eigenvalue weighted by Crippen LogP contribution is 2.25. The van der Waals surface area contributed by atoms with Crippen LogP contribution in [0.5, 0.6) is 0 Å². The Morgan fingerprint density at radius 3 is 2.73 bits per heavy atom. The maximum absolute atomic E-state index is 11.2. The zero-order valence-electron chi connectivity index (χ0n) is 13.7. The maximum atomic E-state index is 11.2. The lowest BCUT2D eigenvalue weighted by atomic mass is 10.2. The SMILES string of the molecule is C[P+](=O)Nc1ccc(CSc2nnnn2-c2cccc(C(=O)O)c2)cc1. The lowest BCUT2D eigenvalue weighted by molar-refractivity contribution is 0.0697. The monoisotopic (exact) mass is 388 g/mol. The Morgan fingerprint density at radius 2 is 2.04 bits per heavy atom. The number of aromatic nitrogens is 4. The van der Waals surface area contributed by atoms with Crippen LogP contribution in [-0.2, 0) is 10.3 Å². The van der Waals surface area contributed by atoms with Gasteiger partial charge in [-0.25, -0.2) is 4.79 Å². The van der Waals surface area contributed by atoms with Gasteiger partial charge in [0, 0.05) is 5.75 Å². The lowest BCUT2D eigenvalue weighted by Crippen LogP contribution is -2.02. The van der Waals surface area contributed by atoms with Crippen LogP contribution in [0, 0.1) is 0 Å². The van der Waals surface area contributed by atoms with Crippen molar-refractivity contribution >= 4 is 31.4 Å². The number of anilines is 1. The second-order valence-electron chi connectivity index (χ2n) is 5.32. The summed E-state index contributed by atoms with van der Waals surface area (Å²) in [6.45, 7) is 1.61. The summed E-state index contributed by atoms with van der Waals surface area (Å²) in [6.07, 6.45) is 0. The Balaban J connectivity index is 1.72. The van der Waals surface area contributed by atoms with Crippen LogP contribution in [0.15, 0.2) is 53.7 Å². The average Bonchev–Trinajstić information content (AvgIpc) is 3.09. The molecule has 3 aromatic rings. The Hall–Kier alpha value is -2.77. The molecule has 0 amide bonds. The highest BCUT2D eigenvalue weighted by atomic mass is 32.2. The number of nitrogens with one attached hydrogen (secondary N) is 1. The van der Waals surface area contributed by atoms with Gasteiger partial charge in [0.15, 0.2) is 6.66 Å². The molecule has 26 heavy (non-hydrogen) atoms. The molecular weight excluding hydrogens is 373 g/mol. The standard InChI is InChI=1S/C16H14N5O3PS/c1-25(24)18-13-7-5-11(6-8-13)10-26-16-17-19-20-21(16)14-4-2-3-12(9-14)15(22)23/h2-9H,10H2,1H3,(H-,18,22,23,24)/p+1. The third-order valence-corrected chi connectivity index (χ3v) is 4.95. The zero-order valence-corrected chi connectivity index (χ0v) is 15.4. The van der Waals surface area contributed by atoms with Crippen molar-refractivity contribution in [2.45, 2.75) is 10.9 Å². The molecule has 0 aliphatic carbocycles. The molecule has 0 bridgehead atoms. The third kappa shape index (κ3) is 4.44. The van der Waals surface area contributed by atoms with Crippen molar-refractivity contribution in [2.24, 2.45) is 0 Å². The summed E-state index contributed by atoms with van der Waals surface area (Å²) in [5, 5.41) is 24.2. The molecule has 1 heterocycles. The largest absolute Gasteiger partial charge is 0.478 e. The van der Waals surface area contributed by atoms with Crippen LogP contribution >= 0.6 is 19.7 Å². The van der Waals surface area contributed by atoms with Crippen LogP contribution in [-0.4, -0.2) is 37.9 Å². The molecule has 2 aromatic carbocycles. The van der Waals surface area contributed by atoms with Crippen molar-refractivity contribution in [1.82, 2.24) is 20.2 Å². The fourth-order valence-electron chi connectivity index (χ4n) is 2.21. The van der Waals surface area contributed by atoms with Gasteiger partial charge in [0.05, 0.1) is 16.9 Å². The van der Waals surface area contributed by atoms with Gasteiger partial charge in [0.1, 0.15) is 0 Å². The fraction of sp³-hybridized carbons (Fsp3) is 0.125. The van der Waals surface area contributed by atoms with E-state index in [-0.39, 0.29) is 5.56 Å². The Labute approximate surface area is 154 Å². The molecule has 0 saturated carbocycles. The molecule has 0 radical (unpaired) electrons. The van der Waals surface area contributed by atoms with E-state index < -0.39 is 13.9 Å². The summed E-state index contributed by atoms with van der Waals surface area (Å²) < 4.78 is 12.7. The van der Waals surface area contributed by atoms with Crippen molar-refractivity contribution in [2.75, 3.05) is 11.8 Å². The van der Waals surface area contributed by atoms with Gasteiger partial charge in [-0.2, -0.15) is 9.77 Å². The van der Waals surface area contributed by atoms with E-state index in [1.54, 1.807) is 18.8 Å². The highest BCUT2D eigenvalue weighted by molar-refractivity contribution is 7.98. The quantitative estimate of drug-likeness (QED) is 0.468. The van der Waals surface area contributed by atoms with E-state index in [9.17, 15) is 9.36 Å². The Kier molecular flexibility index (Phi) is 5.60. The first-order chi connectivity index (χ1) is 12.5.